The average molecular weight is 1370 g/mol. The third-order valence-electron chi connectivity index (χ3n) is 19.0. The van der Waals surface area contributed by atoms with Gasteiger partial charge in [-0.1, -0.05) is 70.4 Å². The molecule has 2 aliphatic carbocycles. The van der Waals surface area contributed by atoms with Gasteiger partial charge in [-0.2, -0.15) is 15.3 Å². The first kappa shape index (κ1) is 72.9. The zero-order valence-corrected chi connectivity index (χ0v) is 58.8. The minimum atomic E-state index is -0.580. The Hall–Kier alpha value is -9.85. The Labute approximate surface area is 581 Å². The molecule has 25 nitrogen and oxygen atoms in total. The van der Waals surface area contributed by atoms with Gasteiger partial charge in [0.2, 0.25) is 5.91 Å². The standard InChI is InChI=1S/C26H36N4O3.C25H33N5O4.C24H25N5O4/c1-4-6-21-25-22(30(3)29-21)15-27-26(28-25)20-14-18(9-12-24(20)33-5-2)13-17-7-10-19(11-8-17)23(32)16-31;1-4-6-19-21-22(30(3)28-19)25(32)27-23(26-21)18-14-16(9-12-20(18)34-5-2)13-15-7-10-17(11-8-15)24(31)29-33;1-4-6-18-20-21(29(3)27-18)24(31)26-22(25-20)17-13-16(11-12-19(17)33-5-2)14-7-9-15(10-8-14)23(30)28-32/h9,12,14,17,19,31H,4-8,10-11,13,15-16H2,1-3H3,(H,27,28);9,12,14-15,17,33H,4-8,10-11,13H2,1-3H3,(H,29,31)(H,26,27,32);7-13,32H,4-6H2,1-3H3,(H,28,30)(H,25,26,31). The predicted octanol–water partition coefficient (Wildman–Crippen LogP) is 11.0. The number of carbonyl (C=O) groups is 3. The SMILES string of the molecule is CCCc1nn(C)c2c(=O)[nH]c(-c3cc(-c4ccc(C(=O)NO)cc4)ccc3OCC)nc12.CCCc1nn(C)c2c(=O)[nH]c(-c3cc(CC4CCC(C(=O)NO)CC4)ccc3OCC)nc12.CCCc1nn(C)c2c1NC(c1cc(CC3CCC(C(=O)CO)CC3)ccc1OCC)=NC2. The van der Waals surface area contributed by atoms with Gasteiger partial charge in [0.05, 0.1) is 71.5 Å². The number of nitrogens with one attached hydrogen (secondary N) is 5. The van der Waals surface area contributed by atoms with E-state index in [1.807, 2.05) is 56.8 Å². The quantitative estimate of drug-likeness (QED) is 0.0206. The van der Waals surface area contributed by atoms with Crippen LogP contribution in [0.3, 0.4) is 0 Å². The number of nitrogens with zero attached hydrogens (tertiary/aromatic N) is 9. The molecule has 12 rings (SSSR count). The third-order valence-corrected chi connectivity index (χ3v) is 19.0. The van der Waals surface area contributed by atoms with E-state index in [2.05, 4.69) is 76.6 Å². The summed E-state index contributed by atoms with van der Waals surface area (Å²) in [4.78, 5) is 81.3. The number of Topliss-reactive ketones (excluding diaryl/α,β-unsaturated/α-hetero) is 1. The number of carbonyl (C=O) groups excluding carboxylic acids is 3. The van der Waals surface area contributed by atoms with Crippen molar-refractivity contribution in [1.29, 1.82) is 0 Å². The van der Waals surface area contributed by atoms with Crippen LogP contribution in [0, 0.1) is 23.7 Å². The number of H-pyrrole nitrogens is 2. The minimum Gasteiger partial charge on any atom is -0.493 e. The number of rotatable bonds is 24. The third kappa shape index (κ3) is 16.7. The molecule has 6 heterocycles. The van der Waals surface area contributed by atoms with Gasteiger partial charge in [-0.15, -0.1) is 0 Å². The van der Waals surface area contributed by atoms with Crippen LogP contribution in [-0.2, 0) is 69.4 Å². The lowest BCUT2D eigenvalue weighted by molar-refractivity contribution is -0.134. The number of ether oxygens (including phenoxy) is 3. The number of aliphatic imine (C=N–C) groups is 1. The van der Waals surface area contributed by atoms with Crippen molar-refractivity contribution in [1.82, 2.24) is 60.2 Å². The van der Waals surface area contributed by atoms with Crippen LogP contribution >= 0.6 is 0 Å². The summed E-state index contributed by atoms with van der Waals surface area (Å²) in [6.45, 7) is 14.0. The highest BCUT2D eigenvalue weighted by Crippen LogP contribution is 2.38. The number of fused-ring (bicyclic) bond motifs is 3. The highest BCUT2D eigenvalue weighted by atomic mass is 16.5. The molecule has 2 fully saturated rings. The fraction of sp³-hybridized carbons (Fsp3) is 0.453. The monoisotopic (exact) mass is 1370 g/mol. The molecular formula is C75H94N14O11. The summed E-state index contributed by atoms with van der Waals surface area (Å²) in [5.41, 5.74) is 16.8. The first-order valence-corrected chi connectivity index (χ1v) is 35.1. The number of hydrogen-bond acceptors (Lipinski definition) is 18. The summed E-state index contributed by atoms with van der Waals surface area (Å²) in [5, 5.41) is 44.1. The second-order valence-electron chi connectivity index (χ2n) is 25.9. The second kappa shape index (κ2) is 33.8. The van der Waals surface area contributed by atoms with Crippen LogP contribution in [0.25, 0.3) is 56.0 Å². The first-order chi connectivity index (χ1) is 48.4. The van der Waals surface area contributed by atoms with E-state index in [-0.39, 0.29) is 41.3 Å². The van der Waals surface area contributed by atoms with Gasteiger partial charge in [-0.05, 0) is 187 Å². The van der Waals surface area contributed by atoms with Crippen LogP contribution < -0.4 is 41.6 Å². The molecule has 4 aromatic carbocycles. The summed E-state index contributed by atoms with van der Waals surface area (Å²) in [7, 11) is 5.49. The Morgan fingerprint density at radius 1 is 0.550 bits per heavy atom. The Morgan fingerprint density at radius 2 is 1.01 bits per heavy atom. The fourth-order valence-electron chi connectivity index (χ4n) is 14.0. The van der Waals surface area contributed by atoms with E-state index in [0.29, 0.717) is 94.5 Å². The summed E-state index contributed by atoms with van der Waals surface area (Å²) in [6, 6.07) is 24.9. The normalized spacial score (nSPS) is 16.5. The number of amidine groups is 1. The Balaban J connectivity index is 0.000000162. The maximum absolute atomic E-state index is 12.9. The van der Waals surface area contributed by atoms with Crippen molar-refractivity contribution < 1.29 is 44.1 Å². The lowest BCUT2D eigenvalue weighted by Crippen LogP contribution is -2.31. The zero-order valence-electron chi connectivity index (χ0n) is 58.8. The summed E-state index contributed by atoms with van der Waals surface area (Å²) >= 11 is 0. The van der Waals surface area contributed by atoms with Crippen LogP contribution in [0.2, 0.25) is 0 Å². The molecule has 2 amide bonds. The van der Waals surface area contributed by atoms with Crippen LogP contribution in [0.4, 0.5) is 5.69 Å². The van der Waals surface area contributed by atoms with E-state index in [0.717, 1.165) is 171 Å². The van der Waals surface area contributed by atoms with Crippen molar-refractivity contribution in [3.8, 4) is 51.2 Å². The first-order valence-electron chi connectivity index (χ1n) is 35.1. The molecule has 8 N–H and O–H groups in total. The molecule has 0 atom stereocenters. The van der Waals surface area contributed by atoms with E-state index in [1.54, 1.807) is 58.7 Å². The summed E-state index contributed by atoms with van der Waals surface area (Å²) in [5.74, 6) is 3.91. The minimum absolute atomic E-state index is 0.00426. The maximum Gasteiger partial charge on any atom is 0.277 e. The molecule has 9 aromatic rings. The van der Waals surface area contributed by atoms with Gasteiger partial charge in [0.15, 0.2) is 16.8 Å². The molecule has 0 unspecified atom stereocenters. The van der Waals surface area contributed by atoms with Crippen LogP contribution in [0.15, 0.2) is 93.4 Å². The van der Waals surface area contributed by atoms with Crippen molar-refractivity contribution in [2.75, 3.05) is 31.7 Å². The second-order valence-corrected chi connectivity index (χ2v) is 25.9. The molecule has 25 heteroatoms. The van der Waals surface area contributed by atoms with Gasteiger partial charge in [-0.3, -0.25) is 53.4 Å². The number of aliphatic hydroxyl groups excluding tert-OH is 1. The number of aliphatic hydroxyl groups is 1. The van der Waals surface area contributed by atoms with Crippen molar-refractivity contribution in [2.45, 2.75) is 151 Å². The number of benzene rings is 4. The van der Waals surface area contributed by atoms with E-state index in [1.165, 1.54) is 5.56 Å². The van der Waals surface area contributed by atoms with E-state index < -0.39 is 5.91 Å². The molecule has 0 spiro atoms. The number of amides is 2. The van der Waals surface area contributed by atoms with E-state index >= 15 is 0 Å². The topological polar surface area (TPSA) is 333 Å². The molecule has 5 aromatic heterocycles. The number of hydroxylamine groups is 2. The number of ketones is 1. The van der Waals surface area contributed by atoms with E-state index in [9.17, 15) is 24.0 Å². The lowest BCUT2D eigenvalue weighted by Gasteiger charge is -2.27. The number of anilines is 1. The van der Waals surface area contributed by atoms with Gasteiger partial charge in [-0.25, -0.2) is 20.9 Å². The number of hydrogen-bond donors (Lipinski definition) is 8. The zero-order chi connectivity index (χ0) is 71.1. The number of aromatic amines is 2. The number of aromatic nitrogens is 10. The van der Waals surface area contributed by atoms with Gasteiger partial charge < -0.3 is 34.6 Å². The van der Waals surface area contributed by atoms with E-state index in [4.69, 9.17) is 49.8 Å². The Kier molecular flexibility index (Phi) is 24.6. The van der Waals surface area contributed by atoms with Gasteiger partial charge in [0.25, 0.3) is 17.0 Å². The number of aryl methyl sites for hydroxylation is 6. The highest BCUT2D eigenvalue weighted by molar-refractivity contribution is 6.11. The smallest absolute Gasteiger partial charge is 0.277 e. The largest absolute Gasteiger partial charge is 0.493 e. The fourth-order valence-corrected chi connectivity index (χ4v) is 14.0. The van der Waals surface area contributed by atoms with Crippen LogP contribution in [0.1, 0.15) is 162 Å². The Bertz CT molecular complexity index is 4510. The van der Waals surface area contributed by atoms with Crippen LogP contribution in [0.5, 0.6) is 17.2 Å². The van der Waals surface area contributed by atoms with Crippen molar-refractivity contribution in [3.05, 3.63) is 145 Å². The Morgan fingerprint density at radius 3 is 1.50 bits per heavy atom. The molecule has 0 saturated heterocycles. The lowest BCUT2D eigenvalue weighted by atomic mass is 9.77. The summed E-state index contributed by atoms with van der Waals surface area (Å²) in [6.07, 6.45) is 14.3. The van der Waals surface area contributed by atoms with Crippen molar-refractivity contribution >= 4 is 51.2 Å². The molecular weight excluding hydrogens is 1270 g/mol. The molecule has 3 aliphatic rings. The molecule has 0 radical (unpaired) electrons. The highest BCUT2D eigenvalue weighted by Gasteiger charge is 2.30. The van der Waals surface area contributed by atoms with Crippen molar-refractivity contribution in [2.24, 2.45) is 49.8 Å². The molecule has 0 bridgehead atoms. The molecule has 1 aliphatic heterocycles. The van der Waals surface area contributed by atoms with Gasteiger partial charge in [0, 0.05) is 38.5 Å². The predicted molar refractivity (Wildman–Crippen MR) is 383 cm³/mol. The average Bonchev–Trinajstić information content (AvgIpc) is 1.58. The summed E-state index contributed by atoms with van der Waals surface area (Å²) < 4.78 is 22.8. The maximum atomic E-state index is 12.9. The van der Waals surface area contributed by atoms with Crippen LogP contribution in [-0.4, -0.2) is 115 Å². The van der Waals surface area contributed by atoms with Gasteiger partial charge in [0.1, 0.15) is 52.4 Å². The molecule has 100 heavy (non-hydrogen) atoms. The molecule has 2 saturated carbocycles. The van der Waals surface area contributed by atoms with Gasteiger partial charge >= 0.3 is 0 Å². The van der Waals surface area contributed by atoms with Crippen molar-refractivity contribution in [3.63, 3.8) is 0 Å². The molecule has 530 valence electrons.